The second kappa shape index (κ2) is 9.06. The Bertz CT molecular complexity index is 921. The van der Waals surface area contributed by atoms with Crippen molar-refractivity contribution in [2.45, 2.75) is 25.6 Å². The molecule has 2 atom stereocenters. The van der Waals surface area contributed by atoms with Crippen LogP contribution in [0.25, 0.3) is 10.6 Å². The molecule has 1 heterocycles. The Morgan fingerprint density at radius 1 is 1.15 bits per heavy atom. The first kappa shape index (κ1) is 19.5. The molecule has 3 aromatic rings. The molecule has 0 aliphatic carbocycles. The maximum absolute atomic E-state index is 12.3. The van der Waals surface area contributed by atoms with Crippen LogP contribution in [0.15, 0.2) is 60.0 Å². The van der Waals surface area contributed by atoms with Crippen molar-refractivity contribution in [3.8, 4) is 10.6 Å². The SMILES string of the molecule is Cc1ccc(-c2nc(C[S@](=O)CC(=O)N[C@@H](C)c3ccccc3)cs2)cc1. The number of amides is 1. The molecule has 0 bridgehead atoms. The van der Waals surface area contributed by atoms with E-state index in [1.54, 1.807) is 0 Å². The minimum absolute atomic E-state index is 0.0193. The fourth-order valence-corrected chi connectivity index (χ4v) is 4.56. The molecule has 1 N–H and O–H groups in total. The summed E-state index contributed by atoms with van der Waals surface area (Å²) in [6, 6.07) is 17.8. The van der Waals surface area contributed by atoms with Gasteiger partial charge in [0.05, 0.1) is 17.5 Å². The predicted octanol–water partition coefficient (Wildman–Crippen LogP) is 4.24. The number of hydrogen-bond donors (Lipinski definition) is 1. The van der Waals surface area contributed by atoms with E-state index in [4.69, 9.17) is 0 Å². The number of thiazole rings is 1. The first-order valence-corrected chi connectivity index (χ1v) is 11.1. The van der Waals surface area contributed by atoms with E-state index in [9.17, 15) is 9.00 Å². The molecule has 27 heavy (non-hydrogen) atoms. The molecular weight excluding hydrogens is 376 g/mol. The van der Waals surface area contributed by atoms with Crippen LogP contribution in [0.3, 0.4) is 0 Å². The lowest BCUT2D eigenvalue weighted by Gasteiger charge is -2.13. The van der Waals surface area contributed by atoms with Gasteiger partial charge in [-0.05, 0) is 19.4 Å². The van der Waals surface area contributed by atoms with Gasteiger partial charge in [0.2, 0.25) is 5.91 Å². The number of nitrogens with one attached hydrogen (secondary N) is 1. The summed E-state index contributed by atoms with van der Waals surface area (Å²) in [7, 11) is -1.29. The van der Waals surface area contributed by atoms with Gasteiger partial charge in [-0.2, -0.15) is 0 Å². The number of hydrogen-bond acceptors (Lipinski definition) is 4. The van der Waals surface area contributed by atoms with Gasteiger partial charge in [0.15, 0.2) is 0 Å². The number of aryl methyl sites for hydroxylation is 1. The Balaban J connectivity index is 1.53. The van der Waals surface area contributed by atoms with Crippen molar-refractivity contribution in [3.63, 3.8) is 0 Å². The van der Waals surface area contributed by atoms with Gasteiger partial charge in [-0.1, -0.05) is 60.2 Å². The molecule has 0 aliphatic heterocycles. The first-order valence-electron chi connectivity index (χ1n) is 8.72. The molecule has 0 aliphatic rings. The Hall–Kier alpha value is -2.31. The Morgan fingerprint density at radius 2 is 1.85 bits per heavy atom. The molecule has 0 saturated heterocycles. The molecule has 0 spiro atoms. The van der Waals surface area contributed by atoms with Crippen molar-refractivity contribution < 1.29 is 9.00 Å². The van der Waals surface area contributed by atoms with E-state index in [1.165, 1.54) is 16.9 Å². The molecule has 2 aromatic carbocycles. The van der Waals surface area contributed by atoms with Gasteiger partial charge in [-0.25, -0.2) is 4.98 Å². The summed E-state index contributed by atoms with van der Waals surface area (Å²) in [6.45, 7) is 3.97. The van der Waals surface area contributed by atoms with Crippen LogP contribution in [-0.4, -0.2) is 20.9 Å². The van der Waals surface area contributed by atoms with E-state index in [1.807, 2.05) is 73.8 Å². The van der Waals surface area contributed by atoms with E-state index in [-0.39, 0.29) is 23.5 Å². The van der Waals surface area contributed by atoms with Crippen molar-refractivity contribution in [2.24, 2.45) is 0 Å². The Morgan fingerprint density at radius 3 is 2.56 bits per heavy atom. The van der Waals surface area contributed by atoms with Gasteiger partial charge in [0.1, 0.15) is 10.8 Å². The second-order valence-corrected chi connectivity index (χ2v) is 8.75. The van der Waals surface area contributed by atoms with Gasteiger partial charge in [-0.3, -0.25) is 9.00 Å². The molecule has 6 heteroatoms. The monoisotopic (exact) mass is 398 g/mol. The standard InChI is InChI=1S/C21H22N2O2S2/c1-15-8-10-18(11-9-15)21-23-19(12-26-21)13-27(25)14-20(24)22-16(2)17-6-4-3-5-7-17/h3-12,16H,13-14H2,1-2H3,(H,22,24)/t16-,27-/m0/s1. The van der Waals surface area contributed by atoms with E-state index in [2.05, 4.69) is 10.3 Å². The quantitative estimate of drug-likeness (QED) is 0.647. The highest BCUT2D eigenvalue weighted by molar-refractivity contribution is 7.84. The lowest BCUT2D eigenvalue weighted by atomic mass is 10.1. The maximum atomic E-state index is 12.3. The minimum Gasteiger partial charge on any atom is -0.349 e. The highest BCUT2D eigenvalue weighted by atomic mass is 32.2. The van der Waals surface area contributed by atoms with Crippen molar-refractivity contribution in [1.29, 1.82) is 0 Å². The fourth-order valence-electron chi connectivity index (χ4n) is 2.67. The van der Waals surface area contributed by atoms with Gasteiger partial charge < -0.3 is 5.32 Å². The Kier molecular flexibility index (Phi) is 6.53. The number of rotatable bonds is 7. The molecule has 0 saturated carbocycles. The highest BCUT2D eigenvalue weighted by Crippen LogP contribution is 2.24. The smallest absolute Gasteiger partial charge is 0.233 e. The van der Waals surface area contributed by atoms with E-state index < -0.39 is 10.8 Å². The van der Waals surface area contributed by atoms with Crippen molar-refractivity contribution >= 4 is 28.0 Å². The third-order valence-electron chi connectivity index (χ3n) is 4.13. The lowest BCUT2D eigenvalue weighted by molar-refractivity contribution is -0.119. The van der Waals surface area contributed by atoms with Crippen LogP contribution < -0.4 is 5.32 Å². The topological polar surface area (TPSA) is 59.1 Å². The number of benzene rings is 2. The summed E-state index contributed by atoms with van der Waals surface area (Å²) >= 11 is 1.53. The molecule has 0 fully saturated rings. The molecule has 140 valence electrons. The summed E-state index contributed by atoms with van der Waals surface area (Å²) in [5, 5.41) is 5.72. The van der Waals surface area contributed by atoms with Crippen LogP contribution in [-0.2, 0) is 21.3 Å². The van der Waals surface area contributed by atoms with E-state index in [0.717, 1.165) is 21.8 Å². The van der Waals surface area contributed by atoms with Crippen molar-refractivity contribution in [1.82, 2.24) is 10.3 Å². The summed E-state index contributed by atoms with van der Waals surface area (Å²) in [5.74, 6) is 0.0584. The van der Waals surface area contributed by atoms with Gasteiger partial charge in [-0.15, -0.1) is 11.3 Å². The highest BCUT2D eigenvalue weighted by Gasteiger charge is 2.14. The average Bonchev–Trinajstić information content (AvgIpc) is 3.11. The molecule has 0 radical (unpaired) electrons. The van der Waals surface area contributed by atoms with Gasteiger partial charge in [0.25, 0.3) is 0 Å². The largest absolute Gasteiger partial charge is 0.349 e. The number of carbonyl (C=O) groups is 1. The predicted molar refractivity (Wildman–Crippen MR) is 112 cm³/mol. The summed E-state index contributed by atoms with van der Waals surface area (Å²) < 4.78 is 12.3. The summed E-state index contributed by atoms with van der Waals surface area (Å²) in [6.07, 6.45) is 0. The first-order chi connectivity index (χ1) is 13.0. The molecule has 1 aromatic heterocycles. The lowest BCUT2D eigenvalue weighted by Crippen LogP contribution is -2.31. The number of carbonyl (C=O) groups excluding carboxylic acids is 1. The molecule has 0 unspecified atom stereocenters. The third-order valence-corrected chi connectivity index (χ3v) is 6.27. The molecule has 1 amide bonds. The molecule has 3 rings (SSSR count). The van der Waals surface area contributed by atoms with Crippen LogP contribution in [0.1, 0.15) is 29.8 Å². The fraction of sp³-hybridized carbons (Fsp3) is 0.238. The van der Waals surface area contributed by atoms with Crippen LogP contribution in [0.2, 0.25) is 0 Å². The zero-order chi connectivity index (χ0) is 19.2. The van der Waals surface area contributed by atoms with Crippen LogP contribution in [0.5, 0.6) is 0 Å². The maximum Gasteiger partial charge on any atom is 0.233 e. The van der Waals surface area contributed by atoms with Crippen LogP contribution in [0.4, 0.5) is 0 Å². The zero-order valence-electron chi connectivity index (χ0n) is 15.3. The van der Waals surface area contributed by atoms with Crippen molar-refractivity contribution in [2.75, 3.05) is 5.75 Å². The second-order valence-electron chi connectivity index (χ2n) is 6.44. The average molecular weight is 399 g/mol. The minimum atomic E-state index is -1.29. The third kappa shape index (κ3) is 5.58. The van der Waals surface area contributed by atoms with Crippen LogP contribution >= 0.6 is 11.3 Å². The normalized spacial score (nSPS) is 13.1. The molecular formula is C21H22N2O2S2. The van der Waals surface area contributed by atoms with Crippen LogP contribution in [0, 0.1) is 6.92 Å². The summed E-state index contributed by atoms with van der Waals surface area (Å²) in [5.41, 5.74) is 4.04. The van der Waals surface area contributed by atoms with Gasteiger partial charge >= 0.3 is 0 Å². The van der Waals surface area contributed by atoms with Crippen molar-refractivity contribution in [3.05, 3.63) is 76.8 Å². The summed E-state index contributed by atoms with van der Waals surface area (Å²) in [4.78, 5) is 16.7. The number of nitrogens with zero attached hydrogens (tertiary/aromatic N) is 1. The van der Waals surface area contributed by atoms with E-state index in [0.29, 0.717) is 0 Å². The Labute approximate surface area is 166 Å². The number of aromatic nitrogens is 1. The van der Waals surface area contributed by atoms with Gasteiger partial charge in [0, 0.05) is 21.7 Å². The zero-order valence-corrected chi connectivity index (χ0v) is 17.0. The van der Waals surface area contributed by atoms with E-state index >= 15 is 0 Å². The molecule has 4 nitrogen and oxygen atoms in total.